The van der Waals surface area contributed by atoms with Gasteiger partial charge >= 0.3 is 0 Å². The van der Waals surface area contributed by atoms with E-state index in [0.717, 1.165) is 45.7 Å². The normalized spacial score (nSPS) is 16.3. The summed E-state index contributed by atoms with van der Waals surface area (Å²) in [6, 6.07) is 8.87. The fourth-order valence-corrected chi connectivity index (χ4v) is 3.47. The molecule has 1 aromatic carbocycles. The van der Waals surface area contributed by atoms with Crippen LogP contribution in [0.4, 0.5) is 0 Å². The van der Waals surface area contributed by atoms with Crippen molar-refractivity contribution in [1.29, 1.82) is 0 Å². The molecule has 0 aliphatic carbocycles. The molecule has 2 aromatic rings. The van der Waals surface area contributed by atoms with Crippen molar-refractivity contribution in [3.8, 4) is 0 Å². The average Bonchev–Trinajstić information content (AvgIpc) is 3.06. The van der Waals surface area contributed by atoms with Crippen molar-refractivity contribution < 1.29 is 4.74 Å². The highest BCUT2D eigenvalue weighted by Gasteiger charge is 2.13. The van der Waals surface area contributed by atoms with Crippen molar-refractivity contribution in [1.82, 2.24) is 4.90 Å². The van der Waals surface area contributed by atoms with Gasteiger partial charge in [-0.1, -0.05) is 24.3 Å². The summed E-state index contributed by atoms with van der Waals surface area (Å²) in [7, 11) is 0. The SMILES string of the molecule is C=C1CCN(CCOCCc2ccc3ccsc3c2)C1. The van der Waals surface area contributed by atoms with Crippen LogP contribution in [0, 0.1) is 0 Å². The Bertz CT molecular complexity index is 589. The second kappa shape index (κ2) is 6.53. The maximum Gasteiger partial charge on any atom is 0.0593 e. The molecule has 3 rings (SSSR count). The number of hydrogen-bond donors (Lipinski definition) is 0. The summed E-state index contributed by atoms with van der Waals surface area (Å²) in [6.45, 7) is 8.90. The number of fused-ring (bicyclic) bond motifs is 1. The van der Waals surface area contributed by atoms with Crippen molar-refractivity contribution in [2.24, 2.45) is 0 Å². The monoisotopic (exact) mass is 287 g/mol. The Balaban J connectivity index is 1.38. The summed E-state index contributed by atoms with van der Waals surface area (Å²) in [4.78, 5) is 2.42. The minimum Gasteiger partial charge on any atom is -0.380 e. The lowest BCUT2D eigenvalue weighted by Gasteiger charge is -2.14. The Kier molecular flexibility index (Phi) is 4.51. The van der Waals surface area contributed by atoms with E-state index >= 15 is 0 Å². The van der Waals surface area contributed by atoms with Crippen LogP contribution in [0.5, 0.6) is 0 Å². The first-order valence-electron chi connectivity index (χ1n) is 7.24. The minimum atomic E-state index is 0.811. The number of ether oxygens (including phenoxy) is 1. The molecule has 1 aromatic heterocycles. The van der Waals surface area contributed by atoms with Crippen LogP contribution >= 0.6 is 11.3 Å². The summed E-state index contributed by atoms with van der Waals surface area (Å²) >= 11 is 1.81. The minimum absolute atomic E-state index is 0.811. The fraction of sp³-hybridized carbons (Fsp3) is 0.412. The number of hydrogen-bond acceptors (Lipinski definition) is 3. The highest BCUT2D eigenvalue weighted by atomic mass is 32.1. The van der Waals surface area contributed by atoms with Crippen LogP contribution in [-0.2, 0) is 11.2 Å². The number of thiophene rings is 1. The van der Waals surface area contributed by atoms with Crippen molar-refractivity contribution >= 4 is 21.4 Å². The first-order chi connectivity index (χ1) is 9.81. The summed E-state index contributed by atoms with van der Waals surface area (Å²) in [6.07, 6.45) is 2.15. The van der Waals surface area contributed by atoms with Crippen LogP contribution in [0.15, 0.2) is 41.8 Å². The largest absolute Gasteiger partial charge is 0.380 e. The van der Waals surface area contributed by atoms with Gasteiger partial charge in [0.2, 0.25) is 0 Å². The smallest absolute Gasteiger partial charge is 0.0593 e. The maximum absolute atomic E-state index is 5.76. The standard InChI is InChI=1S/C17H21NOS/c1-14-4-7-18(13-14)8-10-19-9-5-15-2-3-16-6-11-20-17(16)12-15/h2-3,6,11-12H,1,4-5,7-10,13H2. The third-order valence-electron chi connectivity index (χ3n) is 3.84. The van der Waals surface area contributed by atoms with Gasteiger partial charge in [-0.3, -0.25) is 4.90 Å². The first-order valence-corrected chi connectivity index (χ1v) is 8.12. The van der Waals surface area contributed by atoms with E-state index in [-0.39, 0.29) is 0 Å². The van der Waals surface area contributed by atoms with E-state index < -0.39 is 0 Å². The Labute approximate surface area is 124 Å². The van der Waals surface area contributed by atoms with E-state index in [1.165, 1.54) is 21.2 Å². The Morgan fingerprint density at radius 3 is 3.05 bits per heavy atom. The summed E-state index contributed by atoms with van der Waals surface area (Å²) < 4.78 is 7.13. The number of likely N-dealkylation sites (tertiary alicyclic amines) is 1. The van der Waals surface area contributed by atoms with Gasteiger partial charge in [0, 0.05) is 24.3 Å². The lowest BCUT2D eigenvalue weighted by atomic mass is 10.1. The van der Waals surface area contributed by atoms with E-state index in [2.05, 4.69) is 41.1 Å². The molecular weight excluding hydrogens is 266 g/mol. The molecule has 1 saturated heterocycles. The van der Waals surface area contributed by atoms with Crippen LogP contribution in [0.1, 0.15) is 12.0 Å². The van der Waals surface area contributed by atoms with Crippen molar-refractivity contribution in [3.05, 3.63) is 47.4 Å². The highest BCUT2D eigenvalue weighted by molar-refractivity contribution is 7.17. The second-order valence-electron chi connectivity index (χ2n) is 5.43. The second-order valence-corrected chi connectivity index (χ2v) is 6.38. The third-order valence-corrected chi connectivity index (χ3v) is 4.72. The molecule has 3 heteroatoms. The highest BCUT2D eigenvalue weighted by Crippen LogP contribution is 2.22. The summed E-state index contributed by atoms with van der Waals surface area (Å²) in [5.74, 6) is 0. The number of nitrogens with zero attached hydrogens (tertiary/aromatic N) is 1. The fourth-order valence-electron chi connectivity index (χ4n) is 2.62. The Morgan fingerprint density at radius 1 is 1.25 bits per heavy atom. The predicted octanol–water partition coefficient (Wildman–Crippen LogP) is 3.72. The van der Waals surface area contributed by atoms with Gasteiger partial charge in [-0.2, -0.15) is 0 Å². The van der Waals surface area contributed by atoms with Gasteiger partial charge in [0.1, 0.15) is 0 Å². The summed E-state index contributed by atoms with van der Waals surface area (Å²) in [5, 5.41) is 3.49. The molecule has 2 nitrogen and oxygen atoms in total. The van der Waals surface area contributed by atoms with E-state index in [9.17, 15) is 0 Å². The molecule has 1 aliphatic rings. The first kappa shape index (κ1) is 13.8. The van der Waals surface area contributed by atoms with Gasteiger partial charge in [-0.15, -0.1) is 11.3 Å². The average molecular weight is 287 g/mol. The van der Waals surface area contributed by atoms with Crippen LogP contribution in [0.2, 0.25) is 0 Å². The molecule has 0 unspecified atom stereocenters. The van der Waals surface area contributed by atoms with Gasteiger partial charge in [-0.05, 0) is 41.3 Å². The molecule has 20 heavy (non-hydrogen) atoms. The van der Waals surface area contributed by atoms with Crippen LogP contribution in [0.25, 0.3) is 10.1 Å². The van der Waals surface area contributed by atoms with Crippen molar-refractivity contribution in [2.75, 3.05) is 32.8 Å². The molecule has 0 bridgehead atoms. The van der Waals surface area contributed by atoms with Crippen LogP contribution in [-0.4, -0.2) is 37.7 Å². The van der Waals surface area contributed by atoms with Crippen LogP contribution in [0.3, 0.4) is 0 Å². The zero-order chi connectivity index (χ0) is 13.8. The molecule has 0 atom stereocenters. The third kappa shape index (κ3) is 3.48. The molecule has 0 saturated carbocycles. The van der Waals surface area contributed by atoms with E-state index in [1.54, 1.807) is 11.3 Å². The van der Waals surface area contributed by atoms with Gasteiger partial charge < -0.3 is 4.74 Å². The van der Waals surface area contributed by atoms with E-state index in [1.807, 2.05) is 0 Å². The molecule has 1 aliphatic heterocycles. The zero-order valence-electron chi connectivity index (χ0n) is 11.8. The molecule has 0 radical (unpaired) electrons. The Hall–Kier alpha value is -1.16. The molecule has 0 amide bonds. The van der Waals surface area contributed by atoms with E-state index in [0.29, 0.717) is 0 Å². The van der Waals surface area contributed by atoms with E-state index in [4.69, 9.17) is 4.74 Å². The predicted molar refractivity (Wildman–Crippen MR) is 86.5 cm³/mol. The molecular formula is C17H21NOS. The van der Waals surface area contributed by atoms with Gasteiger partial charge in [-0.25, -0.2) is 0 Å². The lowest BCUT2D eigenvalue weighted by Crippen LogP contribution is -2.24. The molecule has 106 valence electrons. The number of rotatable bonds is 6. The van der Waals surface area contributed by atoms with Crippen molar-refractivity contribution in [2.45, 2.75) is 12.8 Å². The molecule has 1 fully saturated rings. The maximum atomic E-state index is 5.76. The molecule has 0 N–H and O–H groups in total. The topological polar surface area (TPSA) is 12.5 Å². The quantitative estimate of drug-likeness (QED) is 0.593. The lowest BCUT2D eigenvalue weighted by molar-refractivity contribution is 0.114. The van der Waals surface area contributed by atoms with Crippen LogP contribution < -0.4 is 0 Å². The van der Waals surface area contributed by atoms with Gasteiger partial charge in [0.15, 0.2) is 0 Å². The van der Waals surface area contributed by atoms with Gasteiger partial charge in [0.25, 0.3) is 0 Å². The molecule has 2 heterocycles. The van der Waals surface area contributed by atoms with Crippen molar-refractivity contribution in [3.63, 3.8) is 0 Å². The summed E-state index contributed by atoms with van der Waals surface area (Å²) in [5.41, 5.74) is 2.73. The molecule has 0 spiro atoms. The van der Waals surface area contributed by atoms with Gasteiger partial charge in [0.05, 0.1) is 13.2 Å². The Morgan fingerprint density at radius 2 is 2.20 bits per heavy atom. The number of benzene rings is 1. The zero-order valence-corrected chi connectivity index (χ0v) is 12.6.